The second kappa shape index (κ2) is 12.3. The Morgan fingerprint density at radius 1 is 1.00 bits per heavy atom. The van der Waals surface area contributed by atoms with Gasteiger partial charge in [-0.25, -0.2) is 4.79 Å². The lowest BCUT2D eigenvalue weighted by molar-refractivity contribution is -0.120. The Hall–Kier alpha value is -3.98. The number of thioether (sulfide) groups is 1. The third-order valence-corrected chi connectivity index (χ3v) is 7.12. The lowest BCUT2D eigenvalue weighted by Crippen LogP contribution is -2.50. The van der Waals surface area contributed by atoms with Crippen LogP contribution < -0.4 is 20.3 Å². The van der Waals surface area contributed by atoms with Crippen molar-refractivity contribution in [2.75, 3.05) is 17.8 Å². The van der Waals surface area contributed by atoms with Crippen LogP contribution in [0.3, 0.4) is 0 Å². The van der Waals surface area contributed by atoms with Gasteiger partial charge in [-0.1, -0.05) is 42.5 Å². The number of nitrogens with one attached hydrogen (secondary N) is 2. The standard InChI is InChI=1S/C30H33N3O5S/c1-30(2,3)38-29(36)32-24-19-39-26-15-12-22(27(34)31-17-20-10-13-23(37-4)14-11-20)16-25(26)33(28(24)35)18-21-8-6-5-7-9-21/h5-16,24H,17-19H2,1-4H3,(H,31,34)(H,32,36)/t24-/m0/s1. The summed E-state index contributed by atoms with van der Waals surface area (Å²) in [5, 5.41) is 5.68. The van der Waals surface area contributed by atoms with E-state index in [0.29, 0.717) is 23.5 Å². The van der Waals surface area contributed by atoms with Crippen LogP contribution in [0.4, 0.5) is 10.5 Å². The van der Waals surface area contributed by atoms with Crippen molar-refractivity contribution in [3.63, 3.8) is 0 Å². The van der Waals surface area contributed by atoms with Gasteiger partial charge in [0, 0.05) is 22.8 Å². The van der Waals surface area contributed by atoms with Gasteiger partial charge in [-0.2, -0.15) is 0 Å². The molecule has 0 radical (unpaired) electrons. The zero-order valence-electron chi connectivity index (χ0n) is 22.5. The molecule has 3 aromatic rings. The van der Waals surface area contributed by atoms with E-state index in [1.54, 1.807) is 44.9 Å². The van der Waals surface area contributed by atoms with Crippen molar-refractivity contribution in [2.45, 2.75) is 50.4 Å². The number of anilines is 1. The van der Waals surface area contributed by atoms with E-state index >= 15 is 0 Å². The van der Waals surface area contributed by atoms with Crippen LogP contribution in [0.25, 0.3) is 0 Å². The Bertz CT molecular complexity index is 1320. The van der Waals surface area contributed by atoms with E-state index in [4.69, 9.17) is 9.47 Å². The van der Waals surface area contributed by atoms with Crippen molar-refractivity contribution in [1.29, 1.82) is 0 Å². The Morgan fingerprint density at radius 2 is 1.72 bits per heavy atom. The molecule has 1 aliphatic heterocycles. The van der Waals surface area contributed by atoms with Gasteiger partial charge in [0.25, 0.3) is 11.8 Å². The maximum atomic E-state index is 13.8. The van der Waals surface area contributed by atoms with Gasteiger partial charge in [0.1, 0.15) is 17.4 Å². The molecule has 0 aliphatic carbocycles. The number of rotatable bonds is 7. The van der Waals surface area contributed by atoms with E-state index in [1.807, 2.05) is 60.7 Å². The van der Waals surface area contributed by atoms with E-state index in [2.05, 4.69) is 10.6 Å². The van der Waals surface area contributed by atoms with Crippen LogP contribution in [0.5, 0.6) is 5.75 Å². The molecule has 0 bridgehead atoms. The lowest BCUT2D eigenvalue weighted by atomic mass is 10.1. The molecule has 9 heteroatoms. The topological polar surface area (TPSA) is 97.0 Å². The van der Waals surface area contributed by atoms with Gasteiger partial charge < -0.3 is 25.0 Å². The van der Waals surface area contributed by atoms with Gasteiger partial charge >= 0.3 is 6.09 Å². The largest absolute Gasteiger partial charge is 0.497 e. The molecule has 204 valence electrons. The molecule has 1 aliphatic rings. The number of alkyl carbamates (subject to hydrolysis) is 1. The van der Waals surface area contributed by atoms with Crippen molar-refractivity contribution in [2.24, 2.45) is 0 Å². The molecular weight excluding hydrogens is 514 g/mol. The Kier molecular flexibility index (Phi) is 8.81. The summed E-state index contributed by atoms with van der Waals surface area (Å²) in [6.07, 6.45) is -0.648. The van der Waals surface area contributed by atoms with Crippen molar-refractivity contribution in [1.82, 2.24) is 10.6 Å². The second-order valence-corrected chi connectivity index (χ2v) is 11.2. The summed E-state index contributed by atoms with van der Waals surface area (Å²) >= 11 is 1.45. The van der Waals surface area contributed by atoms with Crippen LogP contribution in [0.1, 0.15) is 42.3 Å². The molecule has 2 N–H and O–H groups in total. The molecule has 4 rings (SSSR count). The first-order chi connectivity index (χ1) is 18.6. The van der Waals surface area contributed by atoms with E-state index in [1.165, 1.54) is 11.8 Å². The molecule has 1 atom stereocenters. The highest BCUT2D eigenvalue weighted by Crippen LogP contribution is 2.36. The summed E-state index contributed by atoms with van der Waals surface area (Å²) in [4.78, 5) is 41.9. The predicted octanol–water partition coefficient (Wildman–Crippen LogP) is 5.16. The molecule has 1 heterocycles. The lowest BCUT2D eigenvalue weighted by Gasteiger charge is -2.27. The molecule has 0 saturated heterocycles. The third kappa shape index (κ3) is 7.54. The second-order valence-electron chi connectivity index (χ2n) is 10.1. The van der Waals surface area contributed by atoms with Crippen LogP contribution in [-0.4, -0.2) is 42.4 Å². The van der Waals surface area contributed by atoms with Gasteiger partial charge in [0.05, 0.1) is 19.3 Å². The number of carbonyl (C=O) groups is 3. The van der Waals surface area contributed by atoms with Gasteiger partial charge in [0.2, 0.25) is 0 Å². The van der Waals surface area contributed by atoms with E-state index in [0.717, 1.165) is 21.8 Å². The average molecular weight is 548 g/mol. The summed E-state index contributed by atoms with van der Waals surface area (Å²) in [7, 11) is 1.61. The van der Waals surface area contributed by atoms with Gasteiger partial charge in [-0.15, -0.1) is 11.8 Å². The minimum atomic E-state index is -0.798. The molecule has 39 heavy (non-hydrogen) atoms. The zero-order valence-corrected chi connectivity index (χ0v) is 23.3. The van der Waals surface area contributed by atoms with E-state index in [9.17, 15) is 14.4 Å². The normalized spacial score (nSPS) is 15.1. The van der Waals surface area contributed by atoms with Crippen molar-refractivity contribution in [3.8, 4) is 5.75 Å². The van der Waals surface area contributed by atoms with Crippen molar-refractivity contribution < 1.29 is 23.9 Å². The van der Waals surface area contributed by atoms with Gasteiger partial charge in [0.15, 0.2) is 0 Å². The monoisotopic (exact) mass is 547 g/mol. The zero-order chi connectivity index (χ0) is 28.0. The molecule has 3 aromatic carbocycles. The number of amides is 3. The number of hydrogen-bond donors (Lipinski definition) is 2. The molecule has 0 fully saturated rings. The molecule has 0 aromatic heterocycles. The number of benzene rings is 3. The average Bonchev–Trinajstić information content (AvgIpc) is 3.03. The molecule has 8 nitrogen and oxygen atoms in total. The highest BCUT2D eigenvalue weighted by atomic mass is 32.2. The maximum Gasteiger partial charge on any atom is 0.408 e. The number of methoxy groups -OCH3 is 1. The van der Waals surface area contributed by atoms with Crippen LogP contribution in [0.15, 0.2) is 77.7 Å². The van der Waals surface area contributed by atoms with Crippen LogP contribution in [0.2, 0.25) is 0 Å². The predicted molar refractivity (Wildman–Crippen MR) is 152 cm³/mol. The van der Waals surface area contributed by atoms with E-state index in [-0.39, 0.29) is 18.4 Å². The number of carbonyl (C=O) groups excluding carboxylic acids is 3. The summed E-state index contributed by atoms with van der Waals surface area (Å²) in [6, 6.07) is 21.6. The third-order valence-electron chi connectivity index (χ3n) is 5.97. The van der Waals surface area contributed by atoms with Gasteiger partial charge in [-0.3, -0.25) is 9.59 Å². The Balaban J connectivity index is 1.57. The molecular formula is C30H33N3O5S. The first-order valence-electron chi connectivity index (χ1n) is 12.7. The minimum Gasteiger partial charge on any atom is -0.497 e. The van der Waals surface area contributed by atoms with Gasteiger partial charge in [-0.05, 0) is 62.2 Å². The van der Waals surface area contributed by atoms with Crippen LogP contribution in [-0.2, 0) is 22.6 Å². The van der Waals surface area contributed by atoms with Crippen molar-refractivity contribution in [3.05, 3.63) is 89.5 Å². The van der Waals surface area contributed by atoms with Crippen molar-refractivity contribution >= 4 is 35.4 Å². The molecule has 3 amide bonds. The van der Waals surface area contributed by atoms with Crippen LogP contribution in [0, 0.1) is 0 Å². The van der Waals surface area contributed by atoms with Crippen LogP contribution >= 0.6 is 11.8 Å². The highest BCUT2D eigenvalue weighted by Gasteiger charge is 2.33. The minimum absolute atomic E-state index is 0.251. The number of fused-ring (bicyclic) bond motifs is 1. The quantitative estimate of drug-likeness (QED) is 0.424. The molecule has 0 saturated carbocycles. The summed E-state index contributed by atoms with van der Waals surface area (Å²) < 4.78 is 10.6. The number of ether oxygens (including phenoxy) is 2. The first kappa shape index (κ1) is 28.0. The number of nitrogens with zero attached hydrogens (tertiary/aromatic N) is 1. The fraction of sp³-hybridized carbons (Fsp3) is 0.300. The summed E-state index contributed by atoms with van der Waals surface area (Å²) in [5.41, 5.74) is 2.23. The Labute approximate surface area is 233 Å². The summed E-state index contributed by atoms with van der Waals surface area (Å²) in [6.45, 7) is 5.96. The fourth-order valence-electron chi connectivity index (χ4n) is 4.05. The number of hydrogen-bond acceptors (Lipinski definition) is 6. The fourth-order valence-corrected chi connectivity index (χ4v) is 5.11. The Morgan fingerprint density at radius 3 is 2.38 bits per heavy atom. The molecule has 0 unspecified atom stereocenters. The van der Waals surface area contributed by atoms with E-state index < -0.39 is 17.7 Å². The summed E-state index contributed by atoms with van der Waals surface area (Å²) in [5.74, 6) is 0.556. The smallest absolute Gasteiger partial charge is 0.408 e. The molecule has 0 spiro atoms. The first-order valence-corrected chi connectivity index (χ1v) is 13.6. The maximum absolute atomic E-state index is 13.8. The SMILES string of the molecule is COc1ccc(CNC(=O)c2ccc3c(c2)N(Cc2ccccc2)C(=O)[C@@H](NC(=O)OC(C)(C)C)CS3)cc1. The highest BCUT2D eigenvalue weighted by molar-refractivity contribution is 7.99.